The minimum absolute atomic E-state index is 0.284. The van der Waals surface area contributed by atoms with Crippen LogP contribution in [0.2, 0.25) is 0 Å². The molecular formula is C17H15NO3S. The summed E-state index contributed by atoms with van der Waals surface area (Å²) in [5.41, 5.74) is 0.611. The van der Waals surface area contributed by atoms with Gasteiger partial charge in [0, 0.05) is 9.79 Å². The van der Waals surface area contributed by atoms with E-state index in [-0.39, 0.29) is 6.61 Å². The number of benzene rings is 2. The quantitative estimate of drug-likeness (QED) is 0.784. The Hall–Kier alpha value is -2.45. The first-order chi connectivity index (χ1) is 10.7. The van der Waals surface area contributed by atoms with E-state index in [1.165, 1.54) is 11.8 Å². The predicted molar refractivity (Wildman–Crippen MR) is 84.2 cm³/mol. The van der Waals surface area contributed by atoms with E-state index in [1.807, 2.05) is 36.4 Å². The molecule has 0 unspecified atom stereocenters. The summed E-state index contributed by atoms with van der Waals surface area (Å²) in [5.74, 6) is 0.319. The summed E-state index contributed by atoms with van der Waals surface area (Å²) in [5, 5.41) is 9.21. The number of hydrogen-bond acceptors (Lipinski definition) is 5. The van der Waals surface area contributed by atoms with Gasteiger partial charge in [0.15, 0.2) is 0 Å². The molecule has 0 heterocycles. The van der Waals surface area contributed by atoms with Crippen LogP contribution in [0, 0.1) is 11.3 Å². The molecule has 0 aromatic heterocycles. The fourth-order valence-corrected chi connectivity index (χ4v) is 2.70. The maximum absolute atomic E-state index is 11.8. The summed E-state index contributed by atoms with van der Waals surface area (Å²) in [7, 11) is 1.62. The van der Waals surface area contributed by atoms with Gasteiger partial charge >= 0.3 is 5.97 Å². The number of nitrogens with zero attached hydrogens (tertiary/aromatic N) is 1. The fourth-order valence-electron chi connectivity index (χ4n) is 1.85. The lowest BCUT2D eigenvalue weighted by atomic mass is 10.1. The van der Waals surface area contributed by atoms with Crippen LogP contribution in [-0.4, -0.2) is 19.7 Å². The third-order valence-electron chi connectivity index (χ3n) is 2.90. The van der Waals surface area contributed by atoms with E-state index in [2.05, 4.69) is 0 Å². The Kier molecular flexibility index (Phi) is 5.45. The number of rotatable bonds is 5. The van der Waals surface area contributed by atoms with E-state index in [1.54, 1.807) is 26.2 Å². The van der Waals surface area contributed by atoms with Gasteiger partial charge in [-0.2, -0.15) is 5.26 Å². The van der Waals surface area contributed by atoms with Crippen LogP contribution in [0.15, 0.2) is 52.3 Å². The van der Waals surface area contributed by atoms with Crippen LogP contribution in [0.5, 0.6) is 5.75 Å². The highest BCUT2D eigenvalue weighted by Gasteiger charge is 2.13. The van der Waals surface area contributed by atoms with E-state index in [9.17, 15) is 10.1 Å². The lowest BCUT2D eigenvalue weighted by Crippen LogP contribution is -2.06. The SMILES string of the molecule is CCOC(=O)c1ccc(Sc2ccc(OC)cc2)cc1C#N. The van der Waals surface area contributed by atoms with E-state index in [0.717, 1.165) is 15.5 Å². The van der Waals surface area contributed by atoms with E-state index >= 15 is 0 Å². The third kappa shape index (κ3) is 3.80. The average molecular weight is 313 g/mol. The standard InChI is InChI=1S/C17H15NO3S/c1-3-21-17(19)16-9-8-15(10-12(16)11-18)22-14-6-4-13(20-2)5-7-14/h4-10H,3H2,1-2H3. The van der Waals surface area contributed by atoms with Crippen LogP contribution in [0.1, 0.15) is 22.8 Å². The molecule has 0 N–H and O–H groups in total. The molecule has 5 heteroatoms. The number of carbonyl (C=O) groups is 1. The molecule has 4 nitrogen and oxygen atoms in total. The molecule has 0 aliphatic carbocycles. The molecule has 112 valence electrons. The molecule has 0 aliphatic rings. The molecule has 0 saturated carbocycles. The van der Waals surface area contributed by atoms with Crippen LogP contribution in [0.4, 0.5) is 0 Å². The second kappa shape index (κ2) is 7.53. The Bertz CT molecular complexity index is 705. The Morgan fingerprint density at radius 3 is 2.45 bits per heavy atom. The topological polar surface area (TPSA) is 59.3 Å². The van der Waals surface area contributed by atoms with Gasteiger partial charge in [-0.1, -0.05) is 11.8 Å². The summed E-state index contributed by atoms with van der Waals surface area (Å²) in [6, 6.07) is 14.8. The second-order valence-corrected chi connectivity index (χ2v) is 5.46. The third-order valence-corrected chi connectivity index (χ3v) is 3.90. The van der Waals surface area contributed by atoms with Gasteiger partial charge in [-0.15, -0.1) is 0 Å². The highest BCUT2D eigenvalue weighted by Crippen LogP contribution is 2.30. The van der Waals surface area contributed by atoms with Crippen molar-refractivity contribution in [3.8, 4) is 11.8 Å². The minimum Gasteiger partial charge on any atom is -0.497 e. The van der Waals surface area contributed by atoms with Crippen molar-refractivity contribution in [3.05, 3.63) is 53.6 Å². The van der Waals surface area contributed by atoms with Gasteiger partial charge in [-0.3, -0.25) is 0 Å². The number of nitriles is 1. The van der Waals surface area contributed by atoms with E-state index in [4.69, 9.17) is 9.47 Å². The zero-order valence-electron chi connectivity index (χ0n) is 12.3. The number of hydrogen-bond donors (Lipinski definition) is 0. The van der Waals surface area contributed by atoms with Crippen molar-refractivity contribution < 1.29 is 14.3 Å². The highest BCUT2D eigenvalue weighted by atomic mass is 32.2. The van der Waals surface area contributed by atoms with Gasteiger partial charge in [-0.05, 0) is 49.4 Å². The van der Waals surface area contributed by atoms with Gasteiger partial charge < -0.3 is 9.47 Å². The Balaban J connectivity index is 2.22. The lowest BCUT2D eigenvalue weighted by molar-refractivity contribution is 0.0526. The minimum atomic E-state index is -0.472. The van der Waals surface area contributed by atoms with Gasteiger partial charge in [0.2, 0.25) is 0 Å². The summed E-state index contributed by atoms with van der Waals surface area (Å²) >= 11 is 1.51. The normalized spacial score (nSPS) is 9.86. The van der Waals surface area contributed by atoms with Crippen LogP contribution in [-0.2, 0) is 4.74 Å². The summed E-state index contributed by atoms with van der Waals surface area (Å²) < 4.78 is 10.1. The Labute approximate surface area is 133 Å². The second-order valence-electron chi connectivity index (χ2n) is 4.32. The van der Waals surface area contributed by atoms with Gasteiger partial charge in [0.25, 0.3) is 0 Å². The lowest BCUT2D eigenvalue weighted by Gasteiger charge is -2.07. The summed E-state index contributed by atoms with van der Waals surface area (Å²) in [6.07, 6.45) is 0. The number of ether oxygens (including phenoxy) is 2. The Morgan fingerprint density at radius 2 is 1.86 bits per heavy atom. The van der Waals surface area contributed by atoms with Crippen molar-refractivity contribution in [2.24, 2.45) is 0 Å². The van der Waals surface area contributed by atoms with Crippen molar-refractivity contribution in [2.45, 2.75) is 16.7 Å². The van der Waals surface area contributed by atoms with Crippen molar-refractivity contribution in [3.63, 3.8) is 0 Å². The first-order valence-corrected chi connectivity index (χ1v) is 7.52. The molecule has 2 rings (SSSR count). The van der Waals surface area contributed by atoms with Crippen LogP contribution in [0.3, 0.4) is 0 Å². The molecule has 0 bridgehead atoms. The molecule has 0 saturated heterocycles. The molecule has 2 aromatic rings. The first kappa shape index (κ1) is 15.9. The summed E-state index contributed by atoms with van der Waals surface area (Å²) in [6.45, 7) is 2.02. The smallest absolute Gasteiger partial charge is 0.339 e. The predicted octanol–water partition coefficient (Wildman–Crippen LogP) is 3.89. The van der Waals surface area contributed by atoms with Crippen molar-refractivity contribution in [1.82, 2.24) is 0 Å². The largest absolute Gasteiger partial charge is 0.497 e. The van der Waals surface area contributed by atoms with Gasteiger partial charge in [0.1, 0.15) is 11.8 Å². The number of esters is 1. The average Bonchev–Trinajstić information content (AvgIpc) is 2.55. The fraction of sp³-hybridized carbons (Fsp3) is 0.176. The van der Waals surface area contributed by atoms with Crippen molar-refractivity contribution in [2.75, 3.05) is 13.7 Å². The van der Waals surface area contributed by atoms with Crippen LogP contribution < -0.4 is 4.74 Å². The number of methoxy groups -OCH3 is 1. The molecule has 0 fully saturated rings. The molecule has 0 atom stereocenters. The van der Waals surface area contributed by atoms with E-state index in [0.29, 0.717) is 11.1 Å². The zero-order chi connectivity index (χ0) is 15.9. The van der Waals surface area contributed by atoms with Crippen LogP contribution in [0.25, 0.3) is 0 Å². The van der Waals surface area contributed by atoms with Gasteiger partial charge in [-0.25, -0.2) is 4.79 Å². The molecule has 0 radical (unpaired) electrons. The van der Waals surface area contributed by atoms with Crippen LogP contribution >= 0.6 is 11.8 Å². The zero-order valence-corrected chi connectivity index (χ0v) is 13.1. The first-order valence-electron chi connectivity index (χ1n) is 6.71. The summed E-state index contributed by atoms with van der Waals surface area (Å²) in [4.78, 5) is 13.7. The molecule has 0 amide bonds. The number of carbonyl (C=O) groups excluding carboxylic acids is 1. The molecule has 22 heavy (non-hydrogen) atoms. The van der Waals surface area contributed by atoms with Crippen molar-refractivity contribution in [1.29, 1.82) is 5.26 Å². The van der Waals surface area contributed by atoms with Crippen molar-refractivity contribution >= 4 is 17.7 Å². The monoisotopic (exact) mass is 313 g/mol. The molecule has 0 aliphatic heterocycles. The van der Waals surface area contributed by atoms with E-state index < -0.39 is 5.97 Å². The maximum Gasteiger partial charge on any atom is 0.339 e. The molecular weight excluding hydrogens is 298 g/mol. The molecule has 2 aromatic carbocycles. The Morgan fingerprint density at radius 1 is 1.18 bits per heavy atom. The maximum atomic E-state index is 11.8. The molecule has 0 spiro atoms. The highest BCUT2D eigenvalue weighted by molar-refractivity contribution is 7.99. The van der Waals surface area contributed by atoms with Gasteiger partial charge in [0.05, 0.1) is 24.8 Å².